The summed E-state index contributed by atoms with van der Waals surface area (Å²) in [6, 6.07) is 12.9. The van der Waals surface area contributed by atoms with Crippen molar-refractivity contribution >= 4 is 27.3 Å². The number of hydrogen-bond donors (Lipinski definition) is 4. The highest BCUT2D eigenvalue weighted by molar-refractivity contribution is 7.92. The predicted molar refractivity (Wildman–Crippen MR) is 147 cm³/mol. The zero-order valence-electron chi connectivity index (χ0n) is 22.1. The van der Waals surface area contributed by atoms with Crippen molar-refractivity contribution < 1.29 is 22.5 Å². The maximum atomic E-state index is 13.0. The molecule has 37 heavy (non-hydrogen) atoms. The van der Waals surface area contributed by atoms with E-state index in [9.17, 15) is 13.2 Å². The third-order valence-electron chi connectivity index (χ3n) is 6.79. The number of hydrogen-bond acceptors (Lipinski definition) is 6. The van der Waals surface area contributed by atoms with E-state index >= 15 is 0 Å². The molecule has 1 heterocycles. The Hall–Kier alpha value is -2.66. The van der Waals surface area contributed by atoms with Crippen molar-refractivity contribution in [3.8, 4) is 5.75 Å². The highest BCUT2D eigenvalue weighted by Gasteiger charge is 2.33. The second-order valence-corrected chi connectivity index (χ2v) is 11.5. The number of anilines is 2. The summed E-state index contributed by atoms with van der Waals surface area (Å²) < 4.78 is 29.3. The molecule has 0 saturated carbocycles. The number of benzene rings is 2. The fourth-order valence-corrected chi connectivity index (χ4v) is 5.96. The molecular formula is C27H42N5O4S+. The van der Waals surface area contributed by atoms with Gasteiger partial charge >= 0.3 is 0 Å². The van der Waals surface area contributed by atoms with E-state index in [0.717, 1.165) is 43.4 Å². The van der Waals surface area contributed by atoms with Crippen LogP contribution in [0.1, 0.15) is 58.3 Å². The molecule has 1 fully saturated rings. The summed E-state index contributed by atoms with van der Waals surface area (Å²) in [4.78, 5) is 18.3. The van der Waals surface area contributed by atoms with E-state index in [2.05, 4.69) is 28.0 Å². The van der Waals surface area contributed by atoms with Crippen LogP contribution in [0.3, 0.4) is 0 Å². The number of unbranched alkanes of at least 4 members (excludes halogenated alkanes) is 5. The largest absolute Gasteiger partial charge is 0.394 e. The summed E-state index contributed by atoms with van der Waals surface area (Å²) >= 11 is 0. The quantitative estimate of drug-likeness (QED) is 0.145. The van der Waals surface area contributed by atoms with Crippen LogP contribution in [0.25, 0.3) is 0 Å². The molecule has 0 aliphatic carbocycles. The average Bonchev–Trinajstić information content (AvgIpc) is 3.34. The van der Waals surface area contributed by atoms with Crippen molar-refractivity contribution in [2.24, 2.45) is 0 Å². The second-order valence-electron chi connectivity index (χ2n) is 9.81. The highest BCUT2D eigenvalue weighted by atomic mass is 32.2. The number of rotatable bonds is 16. The Bertz CT molecular complexity index is 1090. The third-order valence-corrected chi connectivity index (χ3v) is 8.16. The summed E-state index contributed by atoms with van der Waals surface area (Å²) in [6.07, 6.45) is 9.77. The molecule has 1 amide bonds. The Morgan fingerprint density at radius 1 is 0.946 bits per heavy atom. The summed E-state index contributed by atoms with van der Waals surface area (Å²) in [5, 5.41) is 2.94. The zero-order chi connectivity index (χ0) is 26.6. The number of nitrogens with one attached hydrogen (secondary N) is 4. The third kappa shape index (κ3) is 9.30. The van der Waals surface area contributed by atoms with Gasteiger partial charge in [-0.25, -0.2) is 13.8 Å². The Kier molecular flexibility index (Phi) is 11.2. The topological polar surface area (TPSA) is 109 Å². The van der Waals surface area contributed by atoms with Crippen LogP contribution in [0.5, 0.6) is 5.75 Å². The van der Waals surface area contributed by atoms with E-state index in [1.165, 1.54) is 44.2 Å². The zero-order valence-corrected chi connectivity index (χ0v) is 22.9. The Morgan fingerprint density at radius 2 is 1.65 bits per heavy atom. The van der Waals surface area contributed by atoms with Crippen LogP contribution >= 0.6 is 0 Å². The van der Waals surface area contributed by atoms with Crippen LogP contribution in [0.4, 0.5) is 11.4 Å². The van der Waals surface area contributed by atoms with E-state index in [1.807, 2.05) is 0 Å². The fourth-order valence-electron chi connectivity index (χ4n) is 4.86. The Labute approximate surface area is 221 Å². The van der Waals surface area contributed by atoms with Gasteiger partial charge in [0.15, 0.2) is 6.54 Å². The standard InChI is InChI=1S/C27H41N5O4S/c1-3-4-5-6-7-8-18-32(19-9-10-20-32)22-27(33)29-24-12-11-13-26(21-24)37(34,35)30-23-14-16-25(17-15-23)36-31-28-2/h11-17,21,28,30-31H,3-10,18-20,22H2,1-2H3/p+1. The van der Waals surface area contributed by atoms with Gasteiger partial charge in [-0.1, -0.05) is 44.3 Å². The lowest BCUT2D eigenvalue weighted by Gasteiger charge is -2.33. The maximum Gasteiger partial charge on any atom is 0.279 e. The molecule has 1 saturated heterocycles. The first kappa shape index (κ1) is 28.9. The summed E-state index contributed by atoms with van der Waals surface area (Å²) in [5.74, 6) is 0.457. The maximum absolute atomic E-state index is 13.0. The first-order valence-corrected chi connectivity index (χ1v) is 14.8. The fraction of sp³-hybridized carbons (Fsp3) is 0.519. The second kappa shape index (κ2) is 14.3. The molecule has 0 radical (unpaired) electrons. The number of carbonyl (C=O) groups excluding carboxylic acids is 1. The summed E-state index contributed by atoms with van der Waals surface area (Å²) in [6.45, 7) is 5.77. The van der Waals surface area contributed by atoms with Gasteiger partial charge in [0, 0.05) is 31.3 Å². The molecule has 0 unspecified atom stereocenters. The number of carbonyl (C=O) groups is 1. The van der Waals surface area contributed by atoms with Gasteiger partial charge in [-0.05, 0) is 55.3 Å². The number of hydrazine groups is 1. The molecule has 1 aliphatic rings. The molecule has 3 rings (SSSR count). The van der Waals surface area contributed by atoms with Crippen LogP contribution in [-0.2, 0) is 14.8 Å². The normalized spacial score (nSPS) is 14.9. The van der Waals surface area contributed by atoms with Gasteiger partial charge in [0.2, 0.25) is 0 Å². The molecule has 2 aromatic rings. The van der Waals surface area contributed by atoms with Crippen LogP contribution < -0.4 is 25.9 Å². The minimum Gasteiger partial charge on any atom is -0.394 e. The molecular weight excluding hydrogens is 490 g/mol. The lowest BCUT2D eigenvalue weighted by Crippen LogP contribution is -2.50. The van der Waals surface area contributed by atoms with E-state index in [0.29, 0.717) is 23.7 Å². The minimum absolute atomic E-state index is 0.0684. The summed E-state index contributed by atoms with van der Waals surface area (Å²) in [7, 11) is -2.16. The first-order valence-electron chi connectivity index (χ1n) is 13.3. The molecule has 9 nitrogen and oxygen atoms in total. The minimum atomic E-state index is -3.83. The molecule has 2 aromatic carbocycles. The molecule has 0 spiro atoms. The Balaban J connectivity index is 1.57. The van der Waals surface area contributed by atoms with Gasteiger partial charge in [-0.15, -0.1) is 0 Å². The molecule has 0 atom stereocenters. The number of sulfonamides is 1. The van der Waals surface area contributed by atoms with Crippen molar-refractivity contribution in [3.05, 3.63) is 48.5 Å². The SMILES string of the molecule is CCCCCCCC[N+]1(CC(=O)Nc2cccc(S(=O)(=O)Nc3ccc(ONNC)cc3)c2)CCCC1. The van der Waals surface area contributed by atoms with Gasteiger partial charge in [0.1, 0.15) is 5.75 Å². The molecule has 4 N–H and O–H groups in total. The predicted octanol–water partition coefficient (Wildman–Crippen LogP) is 4.41. The first-order chi connectivity index (χ1) is 17.9. The summed E-state index contributed by atoms with van der Waals surface area (Å²) in [5.41, 5.74) is 6.02. The van der Waals surface area contributed by atoms with E-state index in [-0.39, 0.29) is 10.8 Å². The molecule has 1 aliphatic heterocycles. The van der Waals surface area contributed by atoms with Crippen molar-refractivity contribution in [2.45, 2.75) is 63.2 Å². The van der Waals surface area contributed by atoms with Gasteiger partial charge in [-0.3, -0.25) is 9.52 Å². The van der Waals surface area contributed by atoms with E-state index in [4.69, 9.17) is 4.84 Å². The average molecular weight is 533 g/mol. The molecule has 0 aromatic heterocycles. The number of likely N-dealkylation sites (tertiary alicyclic amines) is 1. The van der Waals surface area contributed by atoms with Crippen molar-refractivity contribution in [1.29, 1.82) is 0 Å². The lowest BCUT2D eigenvalue weighted by molar-refractivity contribution is -0.909. The van der Waals surface area contributed by atoms with Crippen LogP contribution in [0, 0.1) is 0 Å². The van der Waals surface area contributed by atoms with Crippen LogP contribution in [0.2, 0.25) is 0 Å². The molecule has 0 bridgehead atoms. The van der Waals surface area contributed by atoms with E-state index in [1.54, 1.807) is 43.4 Å². The van der Waals surface area contributed by atoms with E-state index < -0.39 is 10.0 Å². The van der Waals surface area contributed by atoms with Gasteiger partial charge in [-0.2, -0.15) is 0 Å². The Morgan fingerprint density at radius 3 is 2.35 bits per heavy atom. The lowest BCUT2D eigenvalue weighted by atomic mass is 10.1. The number of nitrogens with zero attached hydrogens (tertiary/aromatic N) is 1. The van der Waals surface area contributed by atoms with Crippen LogP contribution in [-0.4, -0.2) is 52.0 Å². The van der Waals surface area contributed by atoms with Crippen molar-refractivity contribution in [1.82, 2.24) is 11.0 Å². The molecule has 204 valence electrons. The van der Waals surface area contributed by atoms with Gasteiger partial charge in [0.25, 0.3) is 15.9 Å². The number of quaternary nitrogens is 1. The number of amides is 1. The van der Waals surface area contributed by atoms with Crippen molar-refractivity contribution in [3.63, 3.8) is 0 Å². The molecule has 10 heteroatoms. The monoisotopic (exact) mass is 532 g/mol. The van der Waals surface area contributed by atoms with Crippen molar-refractivity contribution in [2.75, 3.05) is 43.3 Å². The smallest absolute Gasteiger partial charge is 0.279 e. The van der Waals surface area contributed by atoms with Gasteiger partial charge < -0.3 is 14.6 Å². The van der Waals surface area contributed by atoms with Gasteiger partial charge in [0.05, 0.1) is 24.5 Å². The highest BCUT2D eigenvalue weighted by Crippen LogP contribution is 2.23. The van der Waals surface area contributed by atoms with Crippen LogP contribution in [0.15, 0.2) is 53.4 Å².